The van der Waals surface area contributed by atoms with E-state index in [9.17, 15) is 9.59 Å². The van der Waals surface area contributed by atoms with E-state index in [1.807, 2.05) is 12.1 Å². The van der Waals surface area contributed by atoms with E-state index in [2.05, 4.69) is 24.4 Å². The molecule has 0 fully saturated rings. The third kappa shape index (κ3) is 3.65. The summed E-state index contributed by atoms with van der Waals surface area (Å²) in [5.41, 5.74) is 9.54. The van der Waals surface area contributed by atoms with Gasteiger partial charge in [-0.2, -0.15) is 0 Å². The summed E-state index contributed by atoms with van der Waals surface area (Å²) >= 11 is 3.06. The summed E-state index contributed by atoms with van der Waals surface area (Å²) in [6, 6.07) is 8.17. The van der Waals surface area contributed by atoms with Crippen molar-refractivity contribution < 1.29 is 9.59 Å². The van der Waals surface area contributed by atoms with Crippen LogP contribution in [0.2, 0.25) is 0 Å². The molecule has 1 aliphatic rings. The maximum Gasteiger partial charge on any atom is 0.251 e. The van der Waals surface area contributed by atoms with Crippen molar-refractivity contribution in [3.05, 3.63) is 51.4 Å². The van der Waals surface area contributed by atoms with Crippen LogP contribution in [0, 0.1) is 6.92 Å². The fraction of sp³-hybridized carbons (Fsp3) is 0.333. The van der Waals surface area contributed by atoms with Crippen LogP contribution in [0.15, 0.2) is 24.3 Å². The maximum absolute atomic E-state index is 12.2. The number of benzene rings is 1. The lowest BCUT2D eigenvalue weighted by Crippen LogP contribution is -2.19. The second kappa shape index (κ2) is 7.40. The van der Waals surface area contributed by atoms with E-state index in [0.29, 0.717) is 16.3 Å². The fourth-order valence-electron chi connectivity index (χ4n) is 2.94. The zero-order valence-electron chi connectivity index (χ0n) is 13.6. The van der Waals surface area contributed by atoms with Crippen molar-refractivity contribution in [2.24, 2.45) is 5.73 Å². The zero-order chi connectivity index (χ0) is 17.1. The summed E-state index contributed by atoms with van der Waals surface area (Å²) in [4.78, 5) is 25.1. The first kappa shape index (κ1) is 17.0. The molecule has 1 aromatic heterocycles. The molecular formula is C18H20N2O2S2. The lowest BCUT2D eigenvalue weighted by atomic mass is 10.1. The monoisotopic (exact) mass is 360 g/mol. The van der Waals surface area contributed by atoms with Gasteiger partial charge in [0.2, 0.25) is 5.91 Å². The van der Waals surface area contributed by atoms with E-state index in [4.69, 9.17) is 5.73 Å². The average molecular weight is 361 g/mol. The van der Waals surface area contributed by atoms with Crippen LogP contribution in [-0.4, -0.2) is 17.6 Å². The van der Waals surface area contributed by atoms with Gasteiger partial charge in [-0.1, -0.05) is 24.3 Å². The summed E-state index contributed by atoms with van der Waals surface area (Å²) in [7, 11) is 0. The van der Waals surface area contributed by atoms with Gasteiger partial charge in [0, 0.05) is 10.6 Å². The molecule has 126 valence electrons. The third-order valence-corrected chi connectivity index (χ3v) is 6.36. The van der Waals surface area contributed by atoms with Gasteiger partial charge in [0.15, 0.2) is 0 Å². The number of amides is 2. The van der Waals surface area contributed by atoms with E-state index >= 15 is 0 Å². The van der Waals surface area contributed by atoms with Crippen molar-refractivity contribution in [1.29, 1.82) is 0 Å². The van der Waals surface area contributed by atoms with Gasteiger partial charge >= 0.3 is 0 Å². The topological polar surface area (TPSA) is 72.2 Å². The third-order valence-electron chi connectivity index (χ3n) is 4.17. The Hall–Kier alpha value is -1.79. The molecule has 2 amide bonds. The molecule has 0 atom stereocenters. The number of primary amides is 1. The predicted molar refractivity (Wildman–Crippen MR) is 101 cm³/mol. The normalized spacial score (nSPS) is 12.9. The molecule has 1 heterocycles. The number of nitrogens with one attached hydrogen (secondary N) is 1. The summed E-state index contributed by atoms with van der Waals surface area (Å²) in [6.45, 7) is 2.07. The van der Waals surface area contributed by atoms with Crippen LogP contribution in [0.1, 0.15) is 38.3 Å². The van der Waals surface area contributed by atoms with Crippen molar-refractivity contribution in [3.63, 3.8) is 0 Å². The van der Waals surface area contributed by atoms with Gasteiger partial charge in [0.25, 0.3) is 5.91 Å². The Kier molecular flexibility index (Phi) is 5.26. The summed E-state index contributed by atoms with van der Waals surface area (Å²) in [6.07, 6.45) is 2.90. The van der Waals surface area contributed by atoms with E-state index in [-0.39, 0.29) is 5.91 Å². The number of hydrogen-bond donors (Lipinski definition) is 2. The number of thioether (sulfide) groups is 1. The highest BCUT2D eigenvalue weighted by Gasteiger charge is 2.25. The fourth-order valence-corrected chi connectivity index (χ4v) is 5.16. The number of hydrogen-bond acceptors (Lipinski definition) is 4. The van der Waals surface area contributed by atoms with E-state index in [0.717, 1.165) is 30.6 Å². The van der Waals surface area contributed by atoms with Gasteiger partial charge in [-0.3, -0.25) is 9.59 Å². The molecule has 0 aliphatic heterocycles. The Morgan fingerprint density at radius 1 is 1.29 bits per heavy atom. The molecular weight excluding hydrogens is 340 g/mol. The SMILES string of the molecule is Cc1ccccc1CSCC(=O)Nc1sc2c(c1C(N)=O)CCC2. The largest absolute Gasteiger partial charge is 0.365 e. The average Bonchev–Trinajstić information content (AvgIpc) is 3.09. The Labute approximate surface area is 149 Å². The number of anilines is 1. The van der Waals surface area contributed by atoms with Crippen molar-refractivity contribution in [2.75, 3.05) is 11.1 Å². The molecule has 4 nitrogen and oxygen atoms in total. The van der Waals surface area contributed by atoms with Crippen LogP contribution in [0.3, 0.4) is 0 Å². The summed E-state index contributed by atoms with van der Waals surface area (Å²) in [5, 5.41) is 3.50. The quantitative estimate of drug-likeness (QED) is 0.828. The first-order valence-corrected chi connectivity index (χ1v) is 9.90. The molecule has 1 aromatic carbocycles. The molecule has 0 spiro atoms. The number of rotatable bonds is 6. The highest BCUT2D eigenvalue weighted by Crippen LogP contribution is 2.38. The van der Waals surface area contributed by atoms with Gasteiger partial charge < -0.3 is 11.1 Å². The molecule has 0 bridgehead atoms. The van der Waals surface area contributed by atoms with Crippen LogP contribution >= 0.6 is 23.1 Å². The number of aryl methyl sites for hydroxylation is 2. The smallest absolute Gasteiger partial charge is 0.251 e. The Bertz CT molecular complexity index is 783. The lowest BCUT2D eigenvalue weighted by molar-refractivity contribution is -0.113. The highest BCUT2D eigenvalue weighted by molar-refractivity contribution is 7.99. The van der Waals surface area contributed by atoms with E-state index < -0.39 is 5.91 Å². The Morgan fingerprint density at radius 2 is 2.08 bits per heavy atom. The molecule has 3 rings (SSSR count). The van der Waals surface area contributed by atoms with Gasteiger partial charge in [-0.25, -0.2) is 0 Å². The highest BCUT2D eigenvalue weighted by atomic mass is 32.2. The second-order valence-corrected chi connectivity index (χ2v) is 7.98. The number of carbonyl (C=O) groups excluding carboxylic acids is 2. The number of thiophene rings is 1. The number of nitrogens with two attached hydrogens (primary N) is 1. The van der Waals surface area contributed by atoms with Crippen molar-refractivity contribution in [3.8, 4) is 0 Å². The molecule has 0 saturated carbocycles. The van der Waals surface area contributed by atoms with Crippen LogP contribution < -0.4 is 11.1 Å². The Balaban J connectivity index is 1.60. The maximum atomic E-state index is 12.2. The first-order valence-electron chi connectivity index (χ1n) is 7.92. The minimum absolute atomic E-state index is 0.0870. The molecule has 0 radical (unpaired) electrons. The molecule has 0 unspecified atom stereocenters. The lowest BCUT2D eigenvalue weighted by Gasteiger charge is -2.07. The number of carbonyl (C=O) groups is 2. The minimum atomic E-state index is -0.447. The first-order chi connectivity index (χ1) is 11.6. The van der Waals surface area contributed by atoms with Crippen LogP contribution in [0.5, 0.6) is 0 Å². The summed E-state index contributed by atoms with van der Waals surface area (Å²) in [5.74, 6) is 0.618. The molecule has 3 N–H and O–H groups in total. The molecule has 6 heteroatoms. The standard InChI is InChI=1S/C18H20N2O2S2/c1-11-5-2-3-6-12(11)9-23-10-15(21)20-18-16(17(19)22)13-7-4-8-14(13)24-18/h2-3,5-6H,4,7-10H2,1H3,(H2,19,22)(H,20,21). The molecule has 1 aliphatic carbocycles. The van der Waals surface area contributed by atoms with Gasteiger partial charge in [0.1, 0.15) is 5.00 Å². The van der Waals surface area contributed by atoms with Crippen molar-refractivity contribution >= 4 is 39.9 Å². The van der Waals surface area contributed by atoms with E-state index in [1.54, 1.807) is 11.8 Å². The molecule has 24 heavy (non-hydrogen) atoms. The predicted octanol–water partition coefficient (Wildman–Crippen LogP) is 3.52. The molecule has 2 aromatic rings. The summed E-state index contributed by atoms with van der Waals surface area (Å²) < 4.78 is 0. The van der Waals surface area contributed by atoms with Gasteiger partial charge in [-0.05, 0) is 42.9 Å². The number of fused-ring (bicyclic) bond motifs is 1. The van der Waals surface area contributed by atoms with Crippen molar-refractivity contribution in [2.45, 2.75) is 31.9 Å². The minimum Gasteiger partial charge on any atom is -0.365 e. The van der Waals surface area contributed by atoms with Crippen molar-refractivity contribution in [1.82, 2.24) is 0 Å². The van der Waals surface area contributed by atoms with Crippen LogP contribution in [0.25, 0.3) is 0 Å². The van der Waals surface area contributed by atoms with Crippen LogP contribution in [-0.2, 0) is 23.4 Å². The second-order valence-electron chi connectivity index (χ2n) is 5.89. The van der Waals surface area contributed by atoms with E-state index in [1.165, 1.54) is 27.3 Å². The van der Waals surface area contributed by atoms with Gasteiger partial charge in [0.05, 0.1) is 11.3 Å². The van der Waals surface area contributed by atoms with Gasteiger partial charge in [-0.15, -0.1) is 23.1 Å². The zero-order valence-corrected chi connectivity index (χ0v) is 15.2. The molecule has 0 saturated heterocycles. The van der Waals surface area contributed by atoms with Crippen LogP contribution in [0.4, 0.5) is 5.00 Å². The Morgan fingerprint density at radius 3 is 2.83 bits per heavy atom.